The van der Waals surface area contributed by atoms with Gasteiger partial charge in [-0.3, -0.25) is 0 Å². The van der Waals surface area contributed by atoms with Crippen LogP contribution in [0, 0.1) is 0 Å². The van der Waals surface area contributed by atoms with E-state index in [0.717, 1.165) is 16.0 Å². The first-order valence-electron chi connectivity index (χ1n) is 5.48. The Morgan fingerprint density at radius 1 is 1.41 bits per heavy atom. The molecule has 1 aromatic rings. The molecule has 1 atom stereocenters. The van der Waals surface area contributed by atoms with E-state index in [0.29, 0.717) is 19.0 Å². The van der Waals surface area contributed by atoms with Gasteiger partial charge < -0.3 is 14.8 Å². The zero-order valence-corrected chi connectivity index (χ0v) is 12.2. The van der Waals surface area contributed by atoms with Crippen molar-refractivity contribution in [3.8, 4) is 0 Å². The molecule has 0 spiro atoms. The highest BCUT2D eigenvalue weighted by Gasteiger charge is 2.15. The molecule has 0 amide bonds. The number of aromatic nitrogens is 2. The minimum atomic E-state index is -0.129. The molecular weight excluding hydrogens is 286 g/mol. The van der Waals surface area contributed by atoms with Crippen molar-refractivity contribution in [2.24, 2.45) is 0 Å². The summed E-state index contributed by atoms with van der Waals surface area (Å²) in [5.74, 6) is 1.40. The lowest BCUT2D eigenvalue weighted by Crippen LogP contribution is -2.11. The second-order valence-corrected chi connectivity index (χ2v) is 4.26. The summed E-state index contributed by atoms with van der Waals surface area (Å²) in [5.41, 5.74) is 0.813. The second-order valence-electron chi connectivity index (χ2n) is 3.47. The number of ether oxygens (including phenoxy) is 2. The fraction of sp³-hybridized carbons (Fsp3) is 0.636. The molecule has 17 heavy (non-hydrogen) atoms. The van der Waals surface area contributed by atoms with Crippen LogP contribution in [0.2, 0.25) is 0 Å². The van der Waals surface area contributed by atoms with Crippen LogP contribution in [0.4, 0.5) is 5.82 Å². The van der Waals surface area contributed by atoms with Crippen molar-refractivity contribution in [1.29, 1.82) is 0 Å². The van der Waals surface area contributed by atoms with Crippen LogP contribution in [0.25, 0.3) is 0 Å². The molecule has 0 fully saturated rings. The first-order chi connectivity index (χ1) is 8.13. The molecule has 0 aromatic carbocycles. The minimum absolute atomic E-state index is 0.129. The van der Waals surface area contributed by atoms with Gasteiger partial charge in [0.2, 0.25) is 0 Å². The molecule has 5 nitrogen and oxygen atoms in total. The predicted molar refractivity (Wildman–Crippen MR) is 70.0 cm³/mol. The maximum Gasteiger partial charge on any atom is 0.159 e. The van der Waals surface area contributed by atoms with Crippen LogP contribution in [0.1, 0.15) is 31.5 Å². The standard InChI is InChI=1S/C11H18BrN3O2/c1-5-17-7(2)10-14-8(6-16-4)9(12)11(13-3)15-10/h7H,5-6H2,1-4H3,(H,13,14,15). The van der Waals surface area contributed by atoms with Crippen LogP contribution < -0.4 is 5.32 Å². The van der Waals surface area contributed by atoms with Gasteiger partial charge in [0.15, 0.2) is 5.82 Å². The SMILES string of the molecule is CCOC(C)c1nc(COC)c(Br)c(NC)n1. The van der Waals surface area contributed by atoms with Crippen molar-refractivity contribution < 1.29 is 9.47 Å². The quantitative estimate of drug-likeness (QED) is 0.875. The van der Waals surface area contributed by atoms with E-state index in [1.54, 1.807) is 7.11 Å². The van der Waals surface area contributed by atoms with Gasteiger partial charge >= 0.3 is 0 Å². The van der Waals surface area contributed by atoms with E-state index in [1.807, 2.05) is 20.9 Å². The second kappa shape index (κ2) is 6.88. The van der Waals surface area contributed by atoms with Gasteiger partial charge in [-0.1, -0.05) is 0 Å². The maximum atomic E-state index is 5.49. The summed E-state index contributed by atoms with van der Waals surface area (Å²) in [6.45, 7) is 4.95. The summed E-state index contributed by atoms with van der Waals surface area (Å²) in [6.07, 6.45) is -0.129. The third-order valence-corrected chi connectivity index (χ3v) is 3.07. The van der Waals surface area contributed by atoms with Gasteiger partial charge in [-0.05, 0) is 29.8 Å². The van der Waals surface area contributed by atoms with Crippen LogP contribution in [0.5, 0.6) is 0 Å². The van der Waals surface area contributed by atoms with Gasteiger partial charge in [0.05, 0.1) is 16.8 Å². The number of rotatable bonds is 6. The molecule has 1 N–H and O–H groups in total. The van der Waals surface area contributed by atoms with Gasteiger partial charge in [0.1, 0.15) is 11.9 Å². The van der Waals surface area contributed by atoms with Crippen LogP contribution in [0.15, 0.2) is 4.47 Å². The number of hydrogen-bond acceptors (Lipinski definition) is 5. The lowest BCUT2D eigenvalue weighted by molar-refractivity contribution is 0.0695. The molecule has 0 aliphatic heterocycles. The fourth-order valence-corrected chi connectivity index (χ4v) is 1.91. The van der Waals surface area contributed by atoms with Crippen LogP contribution in [-0.2, 0) is 16.1 Å². The van der Waals surface area contributed by atoms with Gasteiger partial charge in [0, 0.05) is 20.8 Å². The zero-order valence-electron chi connectivity index (χ0n) is 10.6. The lowest BCUT2D eigenvalue weighted by atomic mass is 10.3. The summed E-state index contributed by atoms with van der Waals surface area (Å²) >= 11 is 3.46. The van der Waals surface area contributed by atoms with E-state index in [4.69, 9.17) is 9.47 Å². The van der Waals surface area contributed by atoms with Crippen molar-refractivity contribution in [1.82, 2.24) is 9.97 Å². The summed E-state index contributed by atoms with van der Waals surface area (Å²) < 4.78 is 11.4. The summed E-state index contributed by atoms with van der Waals surface area (Å²) in [7, 11) is 3.46. The van der Waals surface area contributed by atoms with Crippen molar-refractivity contribution in [3.05, 3.63) is 16.0 Å². The molecular formula is C11H18BrN3O2. The Labute approximate surface area is 110 Å². The first kappa shape index (κ1) is 14.3. The predicted octanol–water partition coefficient (Wildman–Crippen LogP) is 2.52. The molecule has 96 valence electrons. The van der Waals surface area contributed by atoms with Crippen molar-refractivity contribution in [3.63, 3.8) is 0 Å². The van der Waals surface area contributed by atoms with E-state index >= 15 is 0 Å². The average molecular weight is 304 g/mol. The van der Waals surface area contributed by atoms with Gasteiger partial charge in [-0.15, -0.1) is 0 Å². The maximum absolute atomic E-state index is 5.49. The largest absolute Gasteiger partial charge is 0.378 e. The average Bonchev–Trinajstić information content (AvgIpc) is 2.32. The summed E-state index contributed by atoms with van der Waals surface area (Å²) in [5, 5.41) is 3.02. The van der Waals surface area contributed by atoms with Crippen LogP contribution >= 0.6 is 15.9 Å². The highest BCUT2D eigenvalue weighted by molar-refractivity contribution is 9.10. The molecule has 1 unspecified atom stereocenters. The molecule has 1 heterocycles. The smallest absolute Gasteiger partial charge is 0.159 e. The molecule has 0 saturated heterocycles. The highest BCUT2D eigenvalue weighted by Crippen LogP contribution is 2.26. The molecule has 0 aliphatic rings. The van der Waals surface area contributed by atoms with Gasteiger partial charge in [-0.2, -0.15) is 0 Å². The summed E-state index contributed by atoms with van der Waals surface area (Å²) in [4.78, 5) is 8.84. The monoisotopic (exact) mass is 303 g/mol. The molecule has 0 aliphatic carbocycles. The Morgan fingerprint density at radius 3 is 2.65 bits per heavy atom. The molecule has 0 bridgehead atoms. The van der Waals surface area contributed by atoms with Gasteiger partial charge in [-0.25, -0.2) is 9.97 Å². The fourth-order valence-electron chi connectivity index (χ4n) is 1.42. The Bertz CT molecular complexity index is 374. The van der Waals surface area contributed by atoms with E-state index in [-0.39, 0.29) is 6.10 Å². The van der Waals surface area contributed by atoms with Crippen LogP contribution in [0.3, 0.4) is 0 Å². The molecule has 1 rings (SSSR count). The first-order valence-corrected chi connectivity index (χ1v) is 6.27. The third kappa shape index (κ3) is 3.62. The van der Waals surface area contributed by atoms with E-state index in [9.17, 15) is 0 Å². The molecule has 0 saturated carbocycles. The van der Waals surface area contributed by atoms with Crippen molar-refractivity contribution in [2.45, 2.75) is 26.6 Å². The highest BCUT2D eigenvalue weighted by atomic mass is 79.9. The topological polar surface area (TPSA) is 56.3 Å². The molecule has 0 radical (unpaired) electrons. The van der Waals surface area contributed by atoms with E-state index < -0.39 is 0 Å². The zero-order chi connectivity index (χ0) is 12.8. The van der Waals surface area contributed by atoms with E-state index in [1.165, 1.54) is 0 Å². The Balaban J connectivity index is 3.10. The Kier molecular flexibility index (Phi) is 5.80. The molecule has 1 aromatic heterocycles. The number of nitrogens with one attached hydrogen (secondary N) is 1. The van der Waals surface area contributed by atoms with Crippen LogP contribution in [-0.4, -0.2) is 30.7 Å². The number of hydrogen-bond donors (Lipinski definition) is 1. The molecule has 6 heteroatoms. The number of anilines is 1. The minimum Gasteiger partial charge on any atom is -0.378 e. The van der Waals surface area contributed by atoms with Crippen molar-refractivity contribution >= 4 is 21.7 Å². The third-order valence-electron chi connectivity index (χ3n) is 2.24. The Hall–Kier alpha value is -0.720. The number of methoxy groups -OCH3 is 1. The number of halogens is 1. The number of nitrogens with zero attached hydrogens (tertiary/aromatic N) is 2. The summed E-state index contributed by atoms with van der Waals surface area (Å²) in [6, 6.07) is 0. The van der Waals surface area contributed by atoms with Gasteiger partial charge in [0.25, 0.3) is 0 Å². The van der Waals surface area contributed by atoms with Crippen molar-refractivity contribution in [2.75, 3.05) is 26.1 Å². The van der Waals surface area contributed by atoms with E-state index in [2.05, 4.69) is 31.2 Å². The normalized spacial score (nSPS) is 12.5. The lowest BCUT2D eigenvalue weighted by Gasteiger charge is -2.14. The Morgan fingerprint density at radius 2 is 2.12 bits per heavy atom.